The number of alkyl halides is 3. The maximum atomic E-state index is 13.3. The van der Waals surface area contributed by atoms with Gasteiger partial charge in [0.25, 0.3) is 5.91 Å². The number of anilines is 1. The number of dihydropyridines is 1. The Hall–Kier alpha value is -3.81. The monoisotopic (exact) mass is 509 g/mol. The van der Waals surface area contributed by atoms with Crippen LogP contribution in [0.3, 0.4) is 0 Å². The minimum atomic E-state index is -4.59. The summed E-state index contributed by atoms with van der Waals surface area (Å²) in [4.78, 5) is 45.5. The molecule has 0 radical (unpaired) electrons. The summed E-state index contributed by atoms with van der Waals surface area (Å²) < 4.78 is 38.7. The first-order valence-corrected chi connectivity index (χ1v) is 11.3. The molecule has 1 saturated heterocycles. The second-order valence-corrected chi connectivity index (χ2v) is 8.58. The molecule has 4 heterocycles. The van der Waals surface area contributed by atoms with Crippen molar-refractivity contribution < 1.29 is 32.7 Å². The lowest BCUT2D eigenvalue weighted by Gasteiger charge is -2.41. The summed E-state index contributed by atoms with van der Waals surface area (Å²) in [5, 5.41) is 18.9. The van der Waals surface area contributed by atoms with E-state index in [1.807, 2.05) is 10.2 Å². The Labute approximate surface area is 204 Å². The van der Waals surface area contributed by atoms with E-state index in [9.17, 15) is 27.6 Å². The lowest BCUT2D eigenvalue weighted by Crippen LogP contribution is -2.57. The van der Waals surface area contributed by atoms with Crippen LogP contribution < -0.4 is 21.3 Å². The zero-order valence-electron chi connectivity index (χ0n) is 19.3. The average Bonchev–Trinajstić information content (AvgIpc) is 3.25. The van der Waals surface area contributed by atoms with Crippen molar-refractivity contribution in [2.24, 2.45) is 0 Å². The number of fused-ring (bicyclic) bond motifs is 3. The Morgan fingerprint density at radius 3 is 2.83 bits per heavy atom. The summed E-state index contributed by atoms with van der Waals surface area (Å²) in [5.74, 6) is -0.907. The van der Waals surface area contributed by atoms with Crippen molar-refractivity contribution >= 4 is 23.7 Å². The van der Waals surface area contributed by atoms with Gasteiger partial charge in [-0.1, -0.05) is 6.08 Å². The second kappa shape index (κ2) is 10.0. The molecule has 1 unspecified atom stereocenters. The molecule has 1 aromatic heterocycles. The molecule has 0 saturated carbocycles. The van der Waals surface area contributed by atoms with Crippen LogP contribution in [0.25, 0.3) is 0 Å². The quantitative estimate of drug-likeness (QED) is 0.376. The Kier molecular flexibility index (Phi) is 7.06. The van der Waals surface area contributed by atoms with Crippen LogP contribution in [0.2, 0.25) is 0 Å². The number of carbonyl (C=O) groups is 3. The van der Waals surface area contributed by atoms with E-state index in [2.05, 4.69) is 20.9 Å². The summed E-state index contributed by atoms with van der Waals surface area (Å²) >= 11 is 0. The zero-order chi connectivity index (χ0) is 26.0. The van der Waals surface area contributed by atoms with Crippen molar-refractivity contribution in [2.75, 3.05) is 31.6 Å². The molecule has 3 aliphatic rings. The summed E-state index contributed by atoms with van der Waals surface area (Å²) in [7, 11) is 0. The minimum Gasteiger partial charge on any atom is -0.395 e. The molecule has 0 aromatic carbocycles. The van der Waals surface area contributed by atoms with E-state index in [0.717, 1.165) is 6.92 Å². The van der Waals surface area contributed by atoms with Crippen LogP contribution in [0, 0.1) is 0 Å². The van der Waals surface area contributed by atoms with Gasteiger partial charge >= 0.3 is 12.2 Å². The topological polar surface area (TPSA) is 139 Å². The van der Waals surface area contributed by atoms with Crippen molar-refractivity contribution in [3.05, 3.63) is 47.6 Å². The molecule has 2 bridgehead atoms. The van der Waals surface area contributed by atoms with Gasteiger partial charge in [-0.2, -0.15) is 13.2 Å². The van der Waals surface area contributed by atoms with Gasteiger partial charge in [0, 0.05) is 31.4 Å². The number of aromatic nitrogens is 1. The SMILES string of the molecule is C[C@@H](NC(=O)C1C=CC2=C(N1)N(C(=O)Nc1cc(C(=O)NCCO)ccn1)[C@H]1CCN2C1)C(F)(F)F. The van der Waals surface area contributed by atoms with Gasteiger partial charge < -0.3 is 26.0 Å². The molecule has 0 spiro atoms. The number of aliphatic hydroxyl groups is 1. The fourth-order valence-corrected chi connectivity index (χ4v) is 4.22. The molecule has 5 N–H and O–H groups in total. The Morgan fingerprint density at radius 2 is 2.11 bits per heavy atom. The van der Waals surface area contributed by atoms with Crippen LogP contribution in [0.5, 0.6) is 0 Å². The lowest BCUT2D eigenvalue weighted by atomic mass is 10.1. The highest BCUT2D eigenvalue weighted by molar-refractivity contribution is 5.96. The first-order chi connectivity index (χ1) is 17.1. The summed E-state index contributed by atoms with van der Waals surface area (Å²) in [6.07, 6.45) is 0.500. The van der Waals surface area contributed by atoms with Gasteiger partial charge in [0.05, 0.1) is 18.3 Å². The number of pyridine rings is 1. The van der Waals surface area contributed by atoms with Crippen molar-refractivity contribution in [3.63, 3.8) is 0 Å². The molecule has 194 valence electrons. The van der Waals surface area contributed by atoms with Gasteiger partial charge in [0.2, 0.25) is 5.91 Å². The van der Waals surface area contributed by atoms with Crippen molar-refractivity contribution in [3.8, 4) is 0 Å². The van der Waals surface area contributed by atoms with E-state index in [1.54, 1.807) is 6.08 Å². The summed E-state index contributed by atoms with van der Waals surface area (Å²) in [6.45, 7) is 1.92. The van der Waals surface area contributed by atoms with E-state index in [1.165, 1.54) is 29.3 Å². The number of nitrogens with one attached hydrogen (secondary N) is 4. The largest absolute Gasteiger partial charge is 0.408 e. The minimum absolute atomic E-state index is 0.0709. The highest BCUT2D eigenvalue weighted by Crippen LogP contribution is 2.33. The number of rotatable bonds is 6. The highest BCUT2D eigenvalue weighted by atomic mass is 19.4. The molecule has 1 aromatic rings. The lowest BCUT2D eigenvalue weighted by molar-refractivity contribution is -0.158. The standard InChI is InChI=1S/C22H26F3N7O4/c1-12(22(23,24)25)28-20(35)15-2-3-16-18(29-15)32(14-5-8-31(16)11-14)21(36)30-17-10-13(4-6-26-17)19(34)27-7-9-33/h2-4,6,10,12,14-15,29,33H,5,7-9,11H2,1H3,(H,27,34)(H,28,35)(H,26,30,36)/t12-,14+,15?/m1/s1. The number of aliphatic hydroxyl groups excluding tert-OH is 1. The number of carbonyl (C=O) groups excluding carboxylic acids is 3. The Balaban J connectivity index is 1.51. The maximum absolute atomic E-state index is 13.3. The molecule has 4 amide bonds. The van der Waals surface area contributed by atoms with Crippen LogP contribution in [0.1, 0.15) is 23.7 Å². The number of urea groups is 1. The molecular formula is C22H26F3N7O4. The van der Waals surface area contributed by atoms with Crippen molar-refractivity contribution in [2.45, 2.75) is 37.6 Å². The third-order valence-corrected chi connectivity index (χ3v) is 6.10. The van der Waals surface area contributed by atoms with Gasteiger partial charge in [-0.05, 0) is 31.6 Å². The molecule has 0 aliphatic carbocycles. The van der Waals surface area contributed by atoms with Gasteiger partial charge in [-0.15, -0.1) is 0 Å². The zero-order valence-corrected chi connectivity index (χ0v) is 19.3. The third-order valence-electron chi connectivity index (χ3n) is 6.10. The second-order valence-electron chi connectivity index (χ2n) is 8.58. The van der Waals surface area contributed by atoms with E-state index < -0.39 is 36.1 Å². The van der Waals surface area contributed by atoms with E-state index in [0.29, 0.717) is 31.0 Å². The molecular weight excluding hydrogens is 483 g/mol. The summed E-state index contributed by atoms with van der Waals surface area (Å²) in [5.41, 5.74) is 0.880. The number of hydrogen-bond acceptors (Lipinski definition) is 7. The molecule has 36 heavy (non-hydrogen) atoms. The fraction of sp³-hybridized carbons (Fsp3) is 0.455. The molecule has 1 fully saturated rings. The highest BCUT2D eigenvalue weighted by Gasteiger charge is 2.43. The smallest absolute Gasteiger partial charge is 0.395 e. The van der Waals surface area contributed by atoms with Crippen molar-refractivity contribution in [1.29, 1.82) is 0 Å². The van der Waals surface area contributed by atoms with Crippen LogP contribution in [0.15, 0.2) is 42.0 Å². The van der Waals surface area contributed by atoms with Crippen molar-refractivity contribution in [1.82, 2.24) is 30.7 Å². The predicted octanol–water partition coefficient (Wildman–Crippen LogP) is 0.490. The van der Waals surface area contributed by atoms with E-state index in [-0.39, 0.29) is 30.6 Å². The normalized spacial score (nSPS) is 21.5. The van der Waals surface area contributed by atoms with Gasteiger partial charge in [0.1, 0.15) is 23.7 Å². The molecule has 3 atom stereocenters. The first kappa shape index (κ1) is 25.3. The Morgan fingerprint density at radius 1 is 1.33 bits per heavy atom. The predicted molar refractivity (Wildman–Crippen MR) is 121 cm³/mol. The Bertz CT molecular complexity index is 1110. The van der Waals surface area contributed by atoms with E-state index >= 15 is 0 Å². The number of hydrogen-bond donors (Lipinski definition) is 5. The number of amides is 4. The number of halogens is 3. The first-order valence-electron chi connectivity index (χ1n) is 11.3. The van der Waals surface area contributed by atoms with Gasteiger partial charge in [-0.25, -0.2) is 9.78 Å². The van der Waals surface area contributed by atoms with Crippen LogP contribution >= 0.6 is 0 Å². The fourth-order valence-electron chi connectivity index (χ4n) is 4.22. The molecule has 3 aliphatic heterocycles. The summed E-state index contributed by atoms with van der Waals surface area (Å²) in [6, 6.07) is -1.12. The van der Waals surface area contributed by atoms with Crippen LogP contribution in [-0.4, -0.2) is 88.3 Å². The molecule has 11 nitrogen and oxygen atoms in total. The van der Waals surface area contributed by atoms with Crippen LogP contribution in [-0.2, 0) is 4.79 Å². The maximum Gasteiger partial charge on any atom is 0.408 e. The third kappa shape index (κ3) is 5.22. The molecule has 4 rings (SSSR count). The number of allylic oxidation sites excluding steroid dienone is 1. The average molecular weight is 509 g/mol. The number of nitrogens with zero attached hydrogens (tertiary/aromatic N) is 3. The van der Waals surface area contributed by atoms with Gasteiger partial charge in [0.15, 0.2) is 0 Å². The van der Waals surface area contributed by atoms with E-state index in [4.69, 9.17) is 5.11 Å². The molecule has 14 heteroatoms. The van der Waals surface area contributed by atoms with Crippen LogP contribution in [0.4, 0.5) is 23.8 Å². The van der Waals surface area contributed by atoms with Gasteiger partial charge in [-0.3, -0.25) is 19.8 Å².